The first-order chi connectivity index (χ1) is 10.6. The maximum atomic E-state index is 11.8. The number of benzene rings is 2. The zero-order chi connectivity index (χ0) is 15.9. The molecule has 0 aliphatic rings. The third-order valence-electron chi connectivity index (χ3n) is 2.80. The summed E-state index contributed by atoms with van der Waals surface area (Å²) in [5, 5.41) is 10.5. The van der Waals surface area contributed by atoms with Crippen LogP contribution in [0.25, 0.3) is 6.08 Å². The Balaban J connectivity index is 2.03. The van der Waals surface area contributed by atoms with Crippen LogP contribution in [0.15, 0.2) is 54.6 Å². The highest BCUT2D eigenvalue weighted by Crippen LogP contribution is 2.25. The summed E-state index contributed by atoms with van der Waals surface area (Å²) in [4.78, 5) is 21.8. The average molecular weight is 299 g/mol. The second-order valence-corrected chi connectivity index (χ2v) is 4.25. The highest BCUT2D eigenvalue weighted by molar-refractivity contribution is 5.89. The Morgan fingerprint density at radius 2 is 1.73 bits per heavy atom. The van der Waals surface area contributed by atoms with Crippen LogP contribution < -0.4 is 9.47 Å². The number of carbonyl (C=O) groups is 1. The first kappa shape index (κ1) is 15.2. The zero-order valence-corrected chi connectivity index (χ0v) is 11.8. The third-order valence-corrected chi connectivity index (χ3v) is 2.80. The molecule has 6 nitrogen and oxygen atoms in total. The van der Waals surface area contributed by atoms with Gasteiger partial charge >= 0.3 is 5.97 Å². The second-order valence-electron chi connectivity index (χ2n) is 4.25. The lowest BCUT2D eigenvalue weighted by Crippen LogP contribution is -2.04. The van der Waals surface area contributed by atoms with Crippen molar-refractivity contribution in [3.63, 3.8) is 0 Å². The Labute approximate surface area is 126 Å². The van der Waals surface area contributed by atoms with Gasteiger partial charge < -0.3 is 9.47 Å². The van der Waals surface area contributed by atoms with Gasteiger partial charge in [-0.05, 0) is 35.9 Å². The summed E-state index contributed by atoms with van der Waals surface area (Å²) in [6.45, 7) is 0. The number of non-ortho nitro benzene ring substituents is 1. The van der Waals surface area contributed by atoms with Crippen LogP contribution in [0.3, 0.4) is 0 Å². The molecule has 0 N–H and O–H groups in total. The van der Waals surface area contributed by atoms with Gasteiger partial charge in [-0.3, -0.25) is 10.1 Å². The number of hydrogen-bond acceptors (Lipinski definition) is 5. The van der Waals surface area contributed by atoms with Crippen molar-refractivity contribution in [1.29, 1.82) is 0 Å². The molecule has 2 aromatic carbocycles. The smallest absolute Gasteiger partial charge is 0.336 e. The Kier molecular flexibility index (Phi) is 4.87. The lowest BCUT2D eigenvalue weighted by molar-refractivity contribution is -0.384. The van der Waals surface area contributed by atoms with Gasteiger partial charge in [0.25, 0.3) is 5.69 Å². The Morgan fingerprint density at radius 1 is 1.09 bits per heavy atom. The maximum absolute atomic E-state index is 11.8. The fourth-order valence-electron chi connectivity index (χ4n) is 1.72. The van der Waals surface area contributed by atoms with Gasteiger partial charge in [0.2, 0.25) is 0 Å². The Bertz CT molecular complexity index is 707. The maximum Gasteiger partial charge on any atom is 0.336 e. The standard InChI is InChI=1S/C16H13NO5/c1-21-14-4-2-3-5-15(14)22-16(18)11-8-12-6-9-13(10-7-12)17(19)20/h2-11H,1H3/b11-8+. The molecule has 0 aliphatic heterocycles. The quantitative estimate of drug-likeness (QED) is 0.278. The van der Waals surface area contributed by atoms with E-state index in [1.165, 1.54) is 31.4 Å². The molecule has 0 atom stereocenters. The molecule has 0 saturated carbocycles. The van der Waals surface area contributed by atoms with Crippen molar-refractivity contribution < 1.29 is 19.2 Å². The van der Waals surface area contributed by atoms with Crippen LogP contribution in [0, 0.1) is 10.1 Å². The summed E-state index contributed by atoms with van der Waals surface area (Å²) in [6.07, 6.45) is 2.76. The number of nitrogens with zero attached hydrogens (tertiary/aromatic N) is 1. The molecule has 0 spiro atoms. The van der Waals surface area contributed by atoms with E-state index in [1.807, 2.05) is 0 Å². The molecule has 0 heterocycles. The molecule has 112 valence electrons. The van der Waals surface area contributed by atoms with Crippen LogP contribution in [0.5, 0.6) is 11.5 Å². The highest BCUT2D eigenvalue weighted by Gasteiger charge is 2.07. The topological polar surface area (TPSA) is 78.7 Å². The third kappa shape index (κ3) is 3.92. The molecule has 2 rings (SSSR count). The van der Waals surface area contributed by atoms with Crippen LogP contribution in [-0.4, -0.2) is 18.0 Å². The Hall–Kier alpha value is -3.15. The summed E-state index contributed by atoms with van der Waals surface area (Å²) >= 11 is 0. The number of ether oxygens (including phenoxy) is 2. The molecular weight excluding hydrogens is 286 g/mol. The van der Waals surface area contributed by atoms with E-state index in [-0.39, 0.29) is 5.69 Å². The van der Waals surface area contributed by atoms with Crippen molar-refractivity contribution >= 4 is 17.7 Å². The highest BCUT2D eigenvalue weighted by atomic mass is 16.6. The lowest BCUT2D eigenvalue weighted by atomic mass is 10.2. The predicted molar refractivity (Wildman–Crippen MR) is 80.8 cm³/mol. The van der Waals surface area contributed by atoms with Gasteiger partial charge in [0.15, 0.2) is 11.5 Å². The number of para-hydroxylation sites is 2. The zero-order valence-electron chi connectivity index (χ0n) is 11.8. The Morgan fingerprint density at radius 3 is 2.32 bits per heavy atom. The molecule has 0 radical (unpaired) electrons. The van der Waals surface area contributed by atoms with Crippen LogP contribution >= 0.6 is 0 Å². The molecular formula is C16H13NO5. The minimum Gasteiger partial charge on any atom is -0.493 e. The van der Waals surface area contributed by atoms with Gasteiger partial charge in [0.1, 0.15) is 0 Å². The van der Waals surface area contributed by atoms with E-state index >= 15 is 0 Å². The molecule has 22 heavy (non-hydrogen) atoms. The number of hydrogen-bond donors (Lipinski definition) is 0. The van der Waals surface area contributed by atoms with Crippen molar-refractivity contribution in [2.45, 2.75) is 0 Å². The first-order valence-electron chi connectivity index (χ1n) is 6.37. The molecule has 0 unspecified atom stereocenters. The predicted octanol–water partition coefficient (Wildman–Crippen LogP) is 3.22. The van der Waals surface area contributed by atoms with Crippen LogP contribution in [-0.2, 0) is 4.79 Å². The van der Waals surface area contributed by atoms with Gasteiger partial charge in [-0.15, -0.1) is 0 Å². The normalized spacial score (nSPS) is 10.4. The SMILES string of the molecule is COc1ccccc1OC(=O)/C=C/c1ccc([N+](=O)[O-])cc1. The number of esters is 1. The summed E-state index contributed by atoms with van der Waals surface area (Å²) in [7, 11) is 1.49. The van der Waals surface area contributed by atoms with Crippen molar-refractivity contribution in [2.75, 3.05) is 7.11 Å². The van der Waals surface area contributed by atoms with Crippen LogP contribution in [0.2, 0.25) is 0 Å². The number of rotatable bonds is 5. The van der Waals surface area contributed by atoms with Gasteiger partial charge in [-0.25, -0.2) is 4.79 Å². The molecule has 0 aliphatic carbocycles. The van der Waals surface area contributed by atoms with E-state index in [0.717, 1.165) is 0 Å². The van der Waals surface area contributed by atoms with E-state index in [0.29, 0.717) is 17.1 Å². The van der Waals surface area contributed by atoms with Gasteiger partial charge in [-0.1, -0.05) is 12.1 Å². The largest absolute Gasteiger partial charge is 0.493 e. The monoisotopic (exact) mass is 299 g/mol. The number of carbonyl (C=O) groups excluding carboxylic acids is 1. The van der Waals surface area contributed by atoms with Crippen molar-refractivity contribution in [3.8, 4) is 11.5 Å². The molecule has 0 bridgehead atoms. The molecule has 2 aromatic rings. The van der Waals surface area contributed by atoms with Crippen LogP contribution in [0.1, 0.15) is 5.56 Å². The number of nitro groups is 1. The lowest BCUT2D eigenvalue weighted by Gasteiger charge is -2.06. The van der Waals surface area contributed by atoms with Gasteiger partial charge in [-0.2, -0.15) is 0 Å². The average Bonchev–Trinajstić information content (AvgIpc) is 2.54. The molecule has 0 amide bonds. The van der Waals surface area contributed by atoms with Gasteiger partial charge in [0, 0.05) is 18.2 Å². The number of nitro benzene ring substituents is 1. The molecule has 6 heteroatoms. The summed E-state index contributed by atoms with van der Waals surface area (Å²) in [6, 6.07) is 12.6. The van der Waals surface area contributed by atoms with E-state index < -0.39 is 10.9 Å². The minimum absolute atomic E-state index is 0.00579. The summed E-state index contributed by atoms with van der Waals surface area (Å²) in [5.41, 5.74) is 0.649. The van der Waals surface area contributed by atoms with E-state index in [2.05, 4.69) is 0 Å². The first-order valence-corrected chi connectivity index (χ1v) is 6.37. The molecule has 0 aromatic heterocycles. The summed E-state index contributed by atoms with van der Waals surface area (Å²) in [5.74, 6) is 0.214. The van der Waals surface area contributed by atoms with E-state index in [9.17, 15) is 14.9 Å². The van der Waals surface area contributed by atoms with Crippen molar-refractivity contribution in [3.05, 3.63) is 70.3 Å². The van der Waals surface area contributed by atoms with E-state index in [1.54, 1.807) is 36.4 Å². The fraction of sp³-hybridized carbons (Fsp3) is 0.0625. The number of methoxy groups -OCH3 is 1. The van der Waals surface area contributed by atoms with Crippen molar-refractivity contribution in [1.82, 2.24) is 0 Å². The van der Waals surface area contributed by atoms with E-state index in [4.69, 9.17) is 9.47 Å². The van der Waals surface area contributed by atoms with Gasteiger partial charge in [0.05, 0.1) is 12.0 Å². The molecule has 0 saturated heterocycles. The second kappa shape index (κ2) is 7.03. The van der Waals surface area contributed by atoms with Crippen LogP contribution in [0.4, 0.5) is 5.69 Å². The van der Waals surface area contributed by atoms with Crippen molar-refractivity contribution in [2.24, 2.45) is 0 Å². The molecule has 0 fully saturated rings. The summed E-state index contributed by atoms with van der Waals surface area (Å²) < 4.78 is 10.2. The minimum atomic E-state index is -0.567. The fourth-order valence-corrected chi connectivity index (χ4v) is 1.72.